The molecule has 1 aromatic rings. The molecule has 0 radical (unpaired) electrons. The average molecular weight is 335 g/mol. The van der Waals surface area contributed by atoms with Crippen molar-refractivity contribution < 1.29 is 9.59 Å². The molecule has 1 heterocycles. The van der Waals surface area contributed by atoms with E-state index in [0.29, 0.717) is 10.9 Å². The van der Waals surface area contributed by atoms with Gasteiger partial charge in [0.1, 0.15) is 0 Å². The molecular formula is C18H23ClN2O2. The van der Waals surface area contributed by atoms with E-state index in [0.717, 1.165) is 57.3 Å². The molecule has 1 saturated heterocycles. The van der Waals surface area contributed by atoms with E-state index in [9.17, 15) is 9.59 Å². The van der Waals surface area contributed by atoms with Crippen LogP contribution < -0.4 is 5.32 Å². The van der Waals surface area contributed by atoms with Crippen molar-refractivity contribution in [3.05, 3.63) is 29.3 Å². The van der Waals surface area contributed by atoms with Crippen LogP contribution in [0.1, 0.15) is 38.5 Å². The zero-order chi connectivity index (χ0) is 16.2. The van der Waals surface area contributed by atoms with Gasteiger partial charge in [0.05, 0.1) is 0 Å². The van der Waals surface area contributed by atoms with Crippen LogP contribution in [0.5, 0.6) is 0 Å². The van der Waals surface area contributed by atoms with Crippen molar-refractivity contribution in [2.45, 2.75) is 38.5 Å². The Hall–Kier alpha value is -1.55. The normalized spacial score (nSPS) is 24.5. The van der Waals surface area contributed by atoms with Gasteiger partial charge in [-0.3, -0.25) is 9.59 Å². The molecule has 0 bridgehead atoms. The van der Waals surface area contributed by atoms with E-state index in [1.807, 2.05) is 17.0 Å². The van der Waals surface area contributed by atoms with Gasteiger partial charge in [-0.2, -0.15) is 0 Å². The van der Waals surface area contributed by atoms with Crippen LogP contribution in [-0.2, 0) is 9.59 Å². The van der Waals surface area contributed by atoms with E-state index in [1.165, 1.54) is 0 Å². The SMILES string of the molecule is O=C(Nc1cccc(Cl)c1)C1CCC(C(=O)N2CCCC2)CC1. The number of likely N-dealkylation sites (tertiary alicyclic amines) is 1. The van der Waals surface area contributed by atoms with E-state index >= 15 is 0 Å². The summed E-state index contributed by atoms with van der Waals surface area (Å²) in [5.74, 6) is 0.454. The van der Waals surface area contributed by atoms with Crippen molar-refractivity contribution >= 4 is 29.1 Å². The molecule has 0 aromatic heterocycles. The van der Waals surface area contributed by atoms with E-state index in [2.05, 4.69) is 5.32 Å². The number of carbonyl (C=O) groups is 2. The molecule has 0 atom stereocenters. The number of nitrogens with zero attached hydrogens (tertiary/aromatic N) is 1. The van der Waals surface area contributed by atoms with Crippen LogP contribution in [0.4, 0.5) is 5.69 Å². The summed E-state index contributed by atoms with van der Waals surface area (Å²) in [6, 6.07) is 7.20. The Kier molecular flexibility index (Phi) is 5.21. The van der Waals surface area contributed by atoms with Gasteiger partial charge < -0.3 is 10.2 Å². The molecule has 2 amide bonds. The van der Waals surface area contributed by atoms with Crippen molar-refractivity contribution in [2.75, 3.05) is 18.4 Å². The largest absolute Gasteiger partial charge is 0.342 e. The third kappa shape index (κ3) is 4.05. The maximum atomic E-state index is 12.4. The number of nitrogens with one attached hydrogen (secondary N) is 1. The molecule has 1 aliphatic carbocycles. The first kappa shape index (κ1) is 16.3. The standard InChI is InChI=1S/C18H23ClN2O2/c19-15-4-3-5-16(12-15)20-17(22)13-6-8-14(9-7-13)18(23)21-10-1-2-11-21/h3-5,12-14H,1-2,6-11H2,(H,20,22). The highest BCUT2D eigenvalue weighted by Gasteiger charge is 2.32. The minimum atomic E-state index is -0.00314. The zero-order valence-electron chi connectivity index (χ0n) is 13.3. The first-order valence-corrected chi connectivity index (χ1v) is 8.86. The average Bonchev–Trinajstić information content (AvgIpc) is 3.09. The van der Waals surface area contributed by atoms with E-state index < -0.39 is 0 Å². The predicted molar refractivity (Wildman–Crippen MR) is 91.3 cm³/mol. The van der Waals surface area contributed by atoms with Gasteiger partial charge in [-0.1, -0.05) is 17.7 Å². The second-order valence-corrected chi connectivity index (χ2v) is 7.02. The van der Waals surface area contributed by atoms with Crippen LogP contribution >= 0.6 is 11.6 Å². The number of benzene rings is 1. The van der Waals surface area contributed by atoms with E-state index in [4.69, 9.17) is 11.6 Å². The highest BCUT2D eigenvalue weighted by atomic mass is 35.5. The molecule has 5 heteroatoms. The maximum absolute atomic E-state index is 12.4. The maximum Gasteiger partial charge on any atom is 0.227 e. The van der Waals surface area contributed by atoms with Crippen molar-refractivity contribution in [3.8, 4) is 0 Å². The highest BCUT2D eigenvalue weighted by molar-refractivity contribution is 6.30. The molecule has 124 valence electrons. The van der Waals surface area contributed by atoms with Gasteiger partial charge in [0.2, 0.25) is 11.8 Å². The first-order valence-electron chi connectivity index (χ1n) is 8.49. The molecule has 23 heavy (non-hydrogen) atoms. The molecule has 2 aliphatic rings. The second-order valence-electron chi connectivity index (χ2n) is 6.58. The molecule has 1 aliphatic heterocycles. The molecule has 0 spiro atoms. The summed E-state index contributed by atoms with van der Waals surface area (Å²) < 4.78 is 0. The van der Waals surface area contributed by atoms with Crippen LogP contribution in [0.2, 0.25) is 5.02 Å². The van der Waals surface area contributed by atoms with Crippen LogP contribution in [0.3, 0.4) is 0 Å². The molecule has 4 nitrogen and oxygen atoms in total. The summed E-state index contributed by atoms with van der Waals surface area (Å²) in [7, 11) is 0. The number of hydrogen-bond donors (Lipinski definition) is 1. The predicted octanol–water partition coefficient (Wildman–Crippen LogP) is 3.71. The summed E-state index contributed by atoms with van der Waals surface area (Å²) in [6.07, 6.45) is 5.48. The third-order valence-electron chi connectivity index (χ3n) is 4.96. The number of amides is 2. The van der Waals surface area contributed by atoms with Gasteiger partial charge in [0.15, 0.2) is 0 Å². The van der Waals surface area contributed by atoms with Crippen molar-refractivity contribution in [1.29, 1.82) is 0 Å². The number of halogens is 1. The molecule has 3 rings (SSSR count). The first-order chi connectivity index (χ1) is 11.1. The fourth-order valence-corrected chi connectivity index (χ4v) is 3.80. The highest BCUT2D eigenvalue weighted by Crippen LogP contribution is 2.31. The van der Waals surface area contributed by atoms with E-state index in [1.54, 1.807) is 12.1 Å². The Morgan fingerprint density at radius 3 is 2.35 bits per heavy atom. The molecule has 1 aromatic carbocycles. The Balaban J connectivity index is 1.50. The summed E-state index contributed by atoms with van der Waals surface area (Å²) in [5, 5.41) is 3.55. The zero-order valence-corrected chi connectivity index (χ0v) is 14.0. The number of anilines is 1. The fraction of sp³-hybridized carbons (Fsp3) is 0.556. The van der Waals surface area contributed by atoms with Crippen LogP contribution in [-0.4, -0.2) is 29.8 Å². The number of hydrogen-bond acceptors (Lipinski definition) is 2. The minimum absolute atomic E-state index is 0.00314. The van der Waals surface area contributed by atoms with Crippen molar-refractivity contribution in [3.63, 3.8) is 0 Å². The quantitative estimate of drug-likeness (QED) is 0.916. The Morgan fingerprint density at radius 2 is 1.70 bits per heavy atom. The van der Waals surface area contributed by atoms with Crippen LogP contribution in [0.25, 0.3) is 0 Å². The molecule has 1 N–H and O–H groups in total. The van der Waals surface area contributed by atoms with Crippen molar-refractivity contribution in [1.82, 2.24) is 4.90 Å². The topological polar surface area (TPSA) is 49.4 Å². The molecular weight excluding hydrogens is 312 g/mol. The van der Waals surface area contributed by atoms with Gasteiger partial charge in [-0.25, -0.2) is 0 Å². The Bertz CT molecular complexity index is 576. The second kappa shape index (κ2) is 7.35. The van der Waals surface area contributed by atoms with Gasteiger partial charge in [-0.05, 0) is 56.7 Å². The van der Waals surface area contributed by atoms with E-state index in [-0.39, 0.29) is 17.7 Å². The van der Waals surface area contributed by atoms with Crippen molar-refractivity contribution in [2.24, 2.45) is 11.8 Å². The third-order valence-corrected chi connectivity index (χ3v) is 5.19. The van der Waals surface area contributed by atoms with Gasteiger partial charge in [0, 0.05) is 35.6 Å². The Morgan fingerprint density at radius 1 is 1.04 bits per heavy atom. The lowest BCUT2D eigenvalue weighted by atomic mass is 9.81. The minimum Gasteiger partial charge on any atom is -0.342 e. The smallest absolute Gasteiger partial charge is 0.227 e. The molecule has 0 unspecified atom stereocenters. The summed E-state index contributed by atoms with van der Waals surface area (Å²) in [5.41, 5.74) is 0.734. The lowest BCUT2D eigenvalue weighted by Crippen LogP contribution is -2.37. The summed E-state index contributed by atoms with van der Waals surface area (Å²) in [4.78, 5) is 26.8. The lowest BCUT2D eigenvalue weighted by molar-refractivity contribution is -0.136. The Labute approximate surface area is 142 Å². The summed E-state index contributed by atoms with van der Waals surface area (Å²) in [6.45, 7) is 1.82. The van der Waals surface area contributed by atoms with Gasteiger partial charge in [0.25, 0.3) is 0 Å². The van der Waals surface area contributed by atoms with Gasteiger partial charge in [-0.15, -0.1) is 0 Å². The lowest BCUT2D eigenvalue weighted by Gasteiger charge is -2.29. The van der Waals surface area contributed by atoms with Gasteiger partial charge >= 0.3 is 0 Å². The number of carbonyl (C=O) groups excluding carboxylic acids is 2. The molecule has 1 saturated carbocycles. The van der Waals surface area contributed by atoms with Crippen LogP contribution in [0, 0.1) is 11.8 Å². The van der Waals surface area contributed by atoms with Crippen LogP contribution in [0.15, 0.2) is 24.3 Å². The summed E-state index contributed by atoms with van der Waals surface area (Å²) >= 11 is 5.94. The fourth-order valence-electron chi connectivity index (χ4n) is 3.61. The molecule has 2 fully saturated rings. The number of rotatable bonds is 3. The monoisotopic (exact) mass is 334 g/mol.